The van der Waals surface area contributed by atoms with E-state index in [1.165, 1.54) is 19.1 Å². The van der Waals surface area contributed by atoms with Crippen LogP contribution in [-0.2, 0) is 6.18 Å². The molecule has 0 saturated heterocycles. The van der Waals surface area contributed by atoms with Crippen molar-refractivity contribution >= 4 is 17.4 Å². The van der Waals surface area contributed by atoms with Crippen LogP contribution in [0.1, 0.15) is 32.6 Å². The quantitative estimate of drug-likeness (QED) is 0.137. The molecule has 0 aliphatic rings. The molecule has 0 radical (unpaired) electrons. The van der Waals surface area contributed by atoms with Gasteiger partial charge in [-0.15, -0.1) is 0 Å². The van der Waals surface area contributed by atoms with Crippen molar-refractivity contribution in [2.75, 3.05) is 5.32 Å². The van der Waals surface area contributed by atoms with Gasteiger partial charge in [0.25, 0.3) is 5.91 Å². The zero-order chi connectivity index (χ0) is 24.3. The first-order chi connectivity index (χ1) is 15.5. The Kier molecular flexibility index (Phi) is 6.68. The van der Waals surface area contributed by atoms with Gasteiger partial charge >= 0.3 is 6.18 Å². The van der Waals surface area contributed by atoms with Crippen LogP contribution in [0.4, 0.5) is 23.2 Å². The molecule has 172 valence electrons. The van der Waals surface area contributed by atoms with Gasteiger partial charge in [0.2, 0.25) is 0 Å². The van der Waals surface area contributed by atoms with E-state index in [1.807, 2.05) is 0 Å². The van der Waals surface area contributed by atoms with Gasteiger partial charge in [-0.3, -0.25) is 10.2 Å². The lowest BCUT2D eigenvalue weighted by molar-refractivity contribution is -0.137. The zero-order valence-corrected chi connectivity index (χ0v) is 17.6. The normalized spacial score (nSPS) is 11.1. The van der Waals surface area contributed by atoms with Crippen LogP contribution in [0.2, 0.25) is 0 Å². The molecule has 3 aromatic rings. The number of anilines is 1. The molecule has 6 nitrogen and oxygen atoms in total. The van der Waals surface area contributed by atoms with E-state index in [0.29, 0.717) is 22.4 Å². The molecule has 0 fully saturated rings. The van der Waals surface area contributed by atoms with Gasteiger partial charge in [0.05, 0.1) is 11.1 Å². The summed E-state index contributed by atoms with van der Waals surface area (Å²) in [5, 5.41) is 10.4. The van der Waals surface area contributed by atoms with Crippen LogP contribution in [0, 0.1) is 25.1 Å². The van der Waals surface area contributed by atoms with E-state index >= 15 is 0 Å². The highest BCUT2D eigenvalue weighted by Crippen LogP contribution is 2.36. The molecule has 1 amide bonds. The average Bonchev–Trinajstić information content (AvgIpc) is 2.75. The molecular formula is C23H20F4N4O2. The lowest BCUT2D eigenvalue weighted by Crippen LogP contribution is -2.30. The van der Waals surface area contributed by atoms with Gasteiger partial charge in [-0.05, 0) is 67.4 Å². The second-order valence-electron chi connectivity index (χ2n) is 7.22. The summed E-state index contributed by atoms with van der Waals surface area (Å²) in [6, 6.07) is 10.8. The third-order valence-electron chi connectivity index (χ3n) is 4.83. The predicted octanol–water partition coefficient (Wildman–Crippen LogP) is 5.29. The number of nitrogens with two attached hydrogens (primary N) is 1. The number of hydrazine groups is 1. The third kappa shape index (κ3) is 5.47. The lowest BCUT2D eigenvalue weighted by Gasteiger charge is -2.16. The van der Waals surface area contributed by atoms with Crippen molar-refractivity contribution in [3.8, 4) is 11.5 Å². The minimum atomic E-state index is -4.66. The van der Waals surface area contributed by atoms with Crippen molar-refractivity contribution in [3.05, 3.63) is 88.2 Å². The third-order valence-corrected chi connectivity index (χ3v) is 4.83. The van der Waals surface area contributed by atoms with Crippen molar-refractivity contribution in [1.29, 1.82) is 5.41 Å². The van der Waals surface area contributed by atoms with Crippen LogP contribution in [0.5, 0.6) is 11.5 Å². The van der Waals surface area contributed by atoms with Crippen molar-refractivity contribution in [3.63, 3.8) is 0 Å². The van der Waals surface area contributed by atoms with Gasteiger partial charge in [0, 0.05) is 11.3 Å². The second kappa shape index (κ2) is 9.29. The number of nitrogens with one attached hydrogen (secondary N) is 3. The Hall–Kier alpha value is -3.92. The summed E-state index contributed by atoms with van der Waals surface area (Å²) in [5.74, 6) is 3.66. The minimum absolute atomic E-state index is 0.0872. The van der Waals surface area contributed by atoms with Crippen molar-refractivity contribution in [2.45, 2.75) is 20.0 Å². The molecule has 33 heavy (non-hydrogen) atoms. The predicted molar refractivity (Wildman–Crippen MR) is 116 cm³/mol. The van der Waals surface area contributed by atoms with E-state index in [4.69, 9.17) is 16.0 Å². The Morgan fingerprint density at radius 1 is 0.970 bits per heavy atom. The van der Waals surface area contributed by atoms with Gasteiger partial charge in [-0.2, -0.15) is 13.2 Å². The highest BCUT2D eigenvalue weighted by atomic mass is 19.4. The molecule has 0 bridgehead atoms. The summed E-state index contributed by atoms with van der Waals surface area (Å²) in [4.78, 5) is 13.0. The standard InChI is InChI=1S/C23H20F4N4O2/c1-12-3-4-14(21(28)31-29)10-18(12)30-22(32)17-7-5-15(23(25,26)27)11-20(17)33-19-8-6-16(24)9-13(19)2/h3-11H,29H2,1-2H3,(H2,28,31)(H,30,32). The SMILES string of the molecule is Cc1ccc(C(=N)NN)cc1NC(=O)c1ccc(C(F)(F)F)cc1Oc1ccc(F)cc1C. The Morgan fingerprint density at radius 2 is 1.70 bits per heavy atom. The van der Waals surface area contributed by atoms with E-state index in [9.17, 15) is 22.4 Å². The first-order valence-electron chi connectivity index (χ1n) is 9.62. The first-order valence-corrected chi connectivity index (χ1v) is 9.62. The first kappa shape index (κ1) is 23.7. The maximum Gasteiger partial charge on any atom is 0.416 e. The molecule has 0 unspecified atom stereocenters. The van der Waals surface area contributed by atoms with Gasteiger partial charge < -0.3 is 15.5 Å². The Labute approximate surface area is 186 Å². The number of hydrogen-bond acceptors (Lipinski definition) is 4. The molecule has 3 rings (SSSR count). The number of benzene rings is 3. The number of carbonyl (C=O) groups is 1. The molecule has 0 aliphatic carbocycles. The monoisotopic (exact) mass is 460 g/mol. The maximum absolute atomic E-state index is 13.4. The molecule has 0 saturated carbocycles. The van der Waals surface area contributed by atoms with Crippen LogP contribution in [0.25, 0.3) is 0 Å². The molecule has 0 aromatic heterocycles. The van der Waals surface area contributed by atoms with Gasteiger partial charge in [-0.25, -0.2) is 10.2 Å². The Morgan fingerprint density at radius 3 is 2.33 bits per heavy atom. The number of aryl methyl sites for hydroxylation is 2. The summed E-state index contributed by atoms with van der Waals surface area (Å²) in [6.07, 6.45) is -4.66. The maximum atomic E-state index is 13.4. The number of hydrogen-bond donors (Lipinski definition) is 4. The van der Waals surface area contributed by atoms with E-state index in [2.05, 4.69) is 10.7 Å². The molecule has 5 N–H and O–H groups in total. The molecular weight excluding hydrogens is 440 g/mol. The van der Waals surface area contributed by atoms with E-state index in [-0.39, 0.29) is 22.9 Å². The number of carbonyl (C=O) groups excluding carboxylic acids is 1. The Bertz CT molecular complexity index is 1230. The Balaban J connectivity index is 2.01. The molecule has 0 spiro atoms. The molecule has 10 heteroatoms. The number of amides is 1. The fourth-order valence-corrected chi connectivity index (χ4v) is 3.00. The van der Waals surface area contributed by atoms with Gasteiger partial charge in [0.1, 0.15) is 23.2 Å². The molecule has 3 aromatic carbocycles. The van der Waals surface area contributed by atoms with Crippen LogP contribution in [-0.4, -0.2) is 11.7 Å². The molecule has 0 aliphatic heterocycles. The van der Waals surface area contributed by atoms with Crippen LogP contribution in [0.3, 0.4) is 0 Å². The number of amidine groups is 1. The summed E-state index contributed by atoms with van der Waals surface area (Å²) >= 11 is 0. The number of halogens is 4. The number of rotatable bonds is 5. The van der Waals surface area contributed by atoms with Crippen molar-refractivity contribution < 1.29 is 27.1 Å². The van der Waals surface area contributed by atoms with E-state index in [1.54, 1.807) is 19.1 Å². The van der Waals surface area contributed by atoms with Crippen LogP contribution in [0.15, 0.2) is 54.6 Å². The summed E-state index contributed by atoms with van der Waals surface area (Å²) in [7, 11) is 0. The van der Waals surface area contributed by atoms with Crippen LogP contribution >= 0.6 is 0 Å². The zero-order valence-electron chi connectivity index (χ0n) is 17.6. The van der Waals surface area contributed by atoms with E-state index < -0.39 is 23.5 Å². The number of alkyl halides is 3. The topological polar surface area (TPSA) is 100 Å². The minimum Gasteiger partial charge on any atom is -0.456 e. The smallest absolute Gasteiger partial charge is 0.416 e. The van der Waals surface area contributed by atoms with E-state index in [0.717, 1.165) is 30.3 Å². The number of ether oxygens (including phenoxy) is 1. The van der Waals surface area contributed by atoms with Crippen LogP contribution < -0.4 is 21.3 Å². The van der Waals surface area contributed by atoms with Gasteiger partial charge in [0.15, 0.2) is 0 Å². The average molecular weight is 460 g/mol. The highest BCUT2D eigenvalue weighted by Gasteiger charge is 2.32. The lowest BCUT2D eigenvalue weighted by atomic mass is 10.1. The summed E-state index contributed by atoms with van der Waals surface area (Å²) in [6.45, 7) is 3.24. The molecule has 0 atom stereocenters. The summed E-state index contributed by atoms with van der Waals surface area (Å²) in [5.41, 5.74) is 2.75. The second-order valence-corrected chi connectivity index (χ2v) is 7.22. The summed E-state index contributed by atoms with van der Waals surface area (Å²) < 4.78 is 58.9. The van der Waals surface area contributed by atoms with Crippen molar-refractivity contribution in [1.82, 2.24) is 5.43 Å². The van der Waals surface area contributed by atoms with Gasteiger partial charge in [-0.1, -0.05) is 12.1 Å². The fraction of sp³-hybridized carbons (Fsp3) is 0.130. The highest BCUT2D eigenvalue weighted by molar-refractivity contribution is 6.07. The fourth-order valence-electron chi connectivity index (χ4n) is 3.00. The van der Waals surface area contributed by atoms with Crippen molar-refractivity contribution in [2.24, 2.45) is 5.84 Å². The largest absolute Gasteiger partial charge is 0.456 e. The molecule has 0 heterocycles.